The summed E-state index contributed by atoms with van der Waals surface area (Å²) in [6, 6.07) is 10.5. The van der Waals surface area contributed by atoms with Crippen LogP contribution in [0.25, 0.3) is 0 Å². The standard InChI is InChI=1S/C15H12BrF2N/c16-12-6-14(18)15(7-13(12)17)19-8-10-5-9-3-1-2-4-11(9)10/h1-4,6-7,10,19H,5,8H2. The first-order valence-electron chi connectivity index (χ1n) is 6.11. The molecule has 0 aliphatic heterocycles. The molecule has 4 heteroatoms. The second-order valence-corrected chi connectivity index (χ2v) is 5.58. The predicted octanol–water partition coefficient (Wildman–Crippen LogP) is 4.48. The van der Waals surface area contributed by atoms with Gasteiger partial charge in [-0.3, -0.25) is 0 Å². The molecule has 1 aliphatic carbocycles. The molecule has 0 saturated carbocycles. The maximum atomic E-state index is 13.6. The minimum atomic E-state index is -0.460. The van der Waals surface area contributed by atoms with Gasteiger partial charge in [0.2, 0.25) is 0 Å². The molecule has 1 unspecified atom stereocenters. The third-order valence-corrected chi connectivity index (χ3v) is 4.12. The zero-order valence-electron chi connectivity index (χ0n) is 10.1. The van der Waals surface area contributed by atoms with Gasteiger partial charge in [-0.15, -0.1) is 0 Å². The van der Waals surface area contributed by atoms with Gasteiger partial charge in [0, 0.05) is 18.5 Å². The first kappa shape index (κ1) is 12.6. The molecule has 0 heterocycles. The van der Waals surface area contributed by atoms with Crippen molar-refractivity contribution in [2.45, 2.75) is 12.3 Å². The average molecular weight is 324 g/mol. The molecule has 0 radical (unpaired) electrons. The Morgan fingerprint density at radius 3 is 2.74 bits per heavy atom. The number of fused-ring (bicyclic) bond motifs is 1. The molecule has 1 aliphatic rings. The van der Waals surface area contributed by atoms with E-state index in [2.05, 4.69) is 33.4 Å². The van der Waals surface area contributed by atoms with Crippen molar-refractivity contribution in [1.29, 1.82) is 0 Å². The molecule has 1 atom stereocenters. The zero-order chi connectivity index (χ0) is 13.4. The van der Waals surface area contributed by atoms with E-state index in [1.165, 1.54) is 17.2 Å². The summed E-state index contributed by atoms with van der Waals surface area (Å²) >= 11 is 2.96. The number of benzene rings is 2. The number of nitrogens with one attached hydrogen (secondary N) is 1. The minimum Gasteiger partial charge on any atom is -0.382 e. The van der Waals surface area contributed by atoms with Crippen LogP contribution in [0.5, 0.6) is 0 Å². The summed E-state index contributed by atoms with van der Waals surface area (Å²) < 4.78 is 27.1. The molecule has 3 rings (SSSR count). The lowest BCUT2D eigenvalue weighted by atomic mass is 9.77. The third-order valence-electron chi connectivity index (χ3n) is 3.51. The molecule has 2 aromatic rings. The van der Waals surface area contributed by atoms with Crippen molar-refractivity contribution >= 4 is 21.6 Å². The van der Waals surface area contributed by atoms with E-state index in [-0.39, 0.29) is 10.2 Å². The van der Waals surface area contributed by atoms with Crippen LogP contribution >= 0.6 is 15.9 Å². The Balaban J connectivity index is 1.70. The van der Waals surface area contributed by atoms with E-state index in [1.54, 1.807) is 0 Å². The molecule has 0 spiro atoms. The Bertz CT molecular complexity index is 628. The van der Waals surface area contributed by atoms with Gasteiger partial charge in [0.1, 0.15) is 11.6 Å². The molecule has 0 bridgehead atoms. The Kier molecular flexibility index (Phi) is 3.27. The highest BCUT2D eigenvalue weighted by atomic mass is 79.9. The highest BCUT2D eigenvalue weighted by Gasteiger charge is 2.25. The summed E-state index contributed by atoms with van der Waals surface area (Å²) in [6.45, 7) is 0.620. The number of hydrogen-bond donors (Lipinski definition) is 1. The minimum absolute atomic E-state index is 0.143. The molecule has 0 saturated heterocycles. The zero-order valence-corrected chi connectivity index (χ0v) is 11.7. The predicted molar refractivity (Wildman–Crippen MR) is 75.4 cm³/mol. The second kappa shape index (κ2) is 4.93. The van der Waals surface area contributed by atoms with E-state index < -0.39 is 11.6 Å². The van der Waals surface area contributed by atoms with Gasteiger partial charge in [0.05, 0.1) is 10.2 Å². The van der Waals surface area contributed by atoms with Crippen molar-refractivity contribution in [3.05, 3.63) is 63.6 Å². The fourth-order valence-electron chi connectivity index (χ4n) is 2.44. The lowest BCUT2D eigenvalue weighted by Gasteiger charge is -2.30. The second-order valence-electron chi connectivity index (χ2n) is 4.73. The lowest BCUT2D eigenvalue weighted by molar-refractivity contribution is 0.591. The van der Waals surface area contributed by atoms with Crippen LogP contribution in [-0.2, 0) is 6.42 Å². The van der Waals surface area contributed by atoms with Crippen molar-refractivity contribution in [2.24, 2.45) is 0 Å². The van der Waals surface area contributed by atoms with E-state index >= 15 is 0 Å². The summed E-state index contributed by atoms with van der Waals surface area (Å²) in [5, 5.41) is 2.99. The van der Waals surface area contributed by atoms with Crippen LogP contribution in [0, 0.1) is 11.6 Å². The molecule has 0 aromatic heterocycles. The molecule has 19 heavy (non-hydrogen) atoms. The van der Waals surface area contributed by atoms with Crippen molar-refractivity contribution in [1.82, 2.24) is 0 Å². The van der Waals surface area contributed by atoms with Gasteiger partial charge in [0.15, 0.2) is 0 Å². The van der Waals surface area contributed by atoms with Crippen molar-refractivity contribution < 1.29 is 8.78 Å². The topological polar surface area (TPSA) is 12.0 Å². The Labute approximate surface area is 118 Å². The van der Waals surface area contributed by atoms with Gasteiger partial charge in [-0.25, -0.2) is 8.78 Å². The highest BCUT2D eigenvalue weighted by Crippen LogP contribution is 2.35. The monoisotopic (exact) mass is 323 g/mol. The largest absolute Gasteiger partial charge is 0.382 e. The van der Waals surface area contributed by atoms with E-state index in [0.29, 0.717) is 12.5 Å². The number of rotatable bonds is 3. The van der Waals surface area contributed by atoms with Gasteiger partial charge in [-0.1, -0.05) is 24.3 Å². The molecule has 0 fully saturated rings. The Hall–Kier alpha value is -1.42. The van der Waals surface area contributed by atoms with Gasteiger partial charge in [0.25, 0.3) is 0 Å². The van der Waals surface area contributed by atoms with Crippen LogP contribution in [-0.4, -0.2) is 6.54 Å². The first-order valence-corrected chi connectivity index (χ1v) is 6.90. The summed E-state index contributed by atoms with van der Waals surface area (Å²) in [7, 11) is 0. The third kappa shape index (κ3) is 2.37. The van der Waals surface area contributed by atoms with Crippen LogP contribution in [0.3, 0.4) is 0 Å². The van der Waals surface area contributed by atoms with Crippen molar-refractivity contribution in [2.75, 3.05) is 11.9 Å². The quantitative estimate of drug-likeness (QED) is 0.821. The van der Waals surface area contributed by atoms with Crippen LogP contribution in [0.15, 0.2) is 40.9 Å². The average Bonchev–Trinajstić information content (AvgIpc) is 2.36. The van der Waals surface area contributed by atoms with Gasteiger partial charge >= 0.3 is 0 Å². The molecular weight excluding hydrogens is 312 g/mol. The van der Waals surface area contributed by atoms with Gasteiger partial charge < -0.3 is 5.32 Å². The summed E-state index contributed by atoms with van der Waals surface area (Å²) in [6.07, 6.45) is 0.990. The normalized spacial score (nSPS) is 16.7. The van der Waals surface area contributed by atoms with E-state index in [9.17, 15) is 8.78 Å². The number of halogens is 3. The van der Waals surface area contributed by atoms with E-state index in [1.807, 2.05) is 12.1 Å². The fraction of sp³-hybridized carbons (Fsp3) is 0.200. The number of hydrogen-bond acceptors (Lipinski definition) is 1. The van der Waals surface area contributed by atoms with Gasteiger partial charge in [-0.2, -0.15) is 0 Å². The van der Waals surface area contributed by atoms with Crippen LogP contribution in [0.2, 0.25) is 0 Å². The summed E-state index contributed by atoms with van der Waals surface area (Å²) in [4.78, 5) is 0. The molecule has 98 valence electrons. The van der Waals surface area contributed by atoms with Crippen LogP contribution in [0.4, 0.5) is 14.5 Å². The van der Waals surface area contributed by atoms with Crippen molar-refractivity contribution in [3.8, 4) is 0 Å². The summed E-state index contributed by atoms with van der Waals surface area (Å²) in [5.74, 6) is -0.527. The SMILES string of the molecule is Fc1cc(NCC2Cc3ccccc32)c(F)cc1Br. The maximum absolute atomic E-state index is 13.6. The Morgan fingerprint density at radius 2 is 1.95 bits per heavy atom. The van der Waals surface area contributed by atoms with E-state index in [0.717, 1.165) is 12.5 Å². The molecule has 1 N–H and O–H groups in total. The lowest BCUT2D eigenvalue weighted by Crippen LogP contribution is -2.24. The molecular formula is C15H12BrF2N. The van der Waals surface area contributed by atoms with Gasteiger partial charge in [-0.05, 0) is 39.5 Å². The summed E-state index contributed by atoms with van der Waals surface area (Å²) in [5.41, 5.74) is 2.86. The fourth-order valence-corrected chi connectivity index (χ4v) is 2.75. The Morgan fingerprint density at radius 1 is 1.16 bits per heavy atom. The van der Waals surface area contributed by atoms with Crippen LogP contribution in [0.1, 0.15) is 17.0 Å². The maximum Gasteiger partial charge on any atom is 0.147 e. The molecule has 1 nitrogen and oxygen atoms in total. The van der Waals surface area contributed by atoms with Crippen molar-refractivity contribution in [3.63, 3.8) is 0 Å². The first-order chi connectivity index (χ1) is 9.15. The smallest absolute Gasteiger partial charge is 0.147 e. The number of anilines is 1. The van der Waals surface area contributed by atoms with Crippen LogP contribution < -0.4 is 5.32 Å². The molecule has 0 amide bonds. The highest BCUT2D eigenvalue weighted by molar-refractivity contribution is 9.10. The molecule has 2 aromatic carbocycles. The van der Waals surface area contributed by atoms with E-state index in [4.69, 9.17) is 0 Å².